The van der Waals surface area contributed by atoms with Gasteiger partial charge in [0, 0.05) is 24.7 Å². The van der Waals surface area contributed by atoms with Gasteiger partial charge in [-0.3, -0.25) is 18.8 Å². The summed E-state index contributed by atoms with van der Waals surface area (Å²) in [5.74, 6) is 0.670. The second-order valence-electron chi connectivity index (χ2n) is 9.80. The fourth-order valence-electron chi connectivity index (χ4n) is 6.65. The van der Waals surface area contributed by atoms with Crippen molar-refractivity contribution >= 4 is 17.5 Å². The number of aromatic nitrogens is 2. The molecular weight excluding hydrogens is 382 g/mol. The van der Waals surface area contributed by atoms with Gasteiger partial charge in [-0.05, 0) is 68.9 Å². The first-order valence-corrected chi connectivity index (χ1v) is 10.7. The minimum Gasteiger partial charge on any atom is -0.459 e. The maximum absolute atomic E-state index is 13.2. The quantitative estimate of drug-likeness (QED) is 0.784. The molecular formula is C23H27N3O4. The van der Waals surface area contributed by atoms with Gasteiger partial charge in [-0.1, -0.05) is 6.07 Å². The van der Waals surface area contributed by atoms with E-state index < -0.39 is 5.41 Å². The van der Waals surface area contributed by atoms with E-state index in [2.05, 4.69) is 10.3 Å². The number of aryl methyl sites for hydroxylation is 1. The minimum atomic E-state index is -0.532. The Morgan fingerprint density at radius 1 is 1.23 bits per heavy atom. The molecule has 4 saturated carbocycles. The molecule has 2 heterocycles. The van der Waals surface area contributed by atoms with Gasteiger partial charge < -0.3 is 10.1 Å². The molecule has 4 aliphatic rings. The van der Waals surface area contributed by atoms with Gasteiger partial charge in [-0.25, -0.2) is 4.98 Å². The molecule has 30 heavy (non-hydrogen) atoms. The molecule has 6 rings (SSSR count). The fraction of sp³-hybridized carbons (Fsp3) is 0.565. The van der Waals surface area contributed by atoms with Gasteiger partial charge in [0.1, 0.15) is 12.3 Å². The van der Waals surface area contributed by atoms with Crippen molar-refractivity contribution in [3.05, 3.63) is 46.0 Å². The van der Waals surface area contributed by atoms with Crippen LogP contribution in [0.15, 0.2) is 29.2 Å². The topological polar surface area (TPSA) is 89.8 Å². The monoisotopic (exact) mass is 409 g/mol. The van der Waals surface area contributed by atoms with E-state index in [0.717, 1.165) is 37.7 Å². The van der Waals surface area contributed by atoms with E-state index in [1.54, 1.807) is 19.2 Å². The summed E-state index contributed by atoms with van der Waals surface area (Å²) in [6.07, 6.45) is 7.11. The number of carbonyl (C=O) groups is 2. The number of carbonyl (C=O) groups excluding carboxylic acids is 2. The molecule has 1 amide bonds. The Hall–Kier alpha value is -2.70. The van der Waals surface area contributed by atoms with Gasteiger partial charge in [0.05, 0.1) is 11.1 Å². The van der Waals surface area contributed by atoms with Crippen LogP contribution in [0.4, 0.5) is 0 Å². The Morgan fingerprint density at radius 2 is 1.97 bits per heavy atom. The largest absolute Gasteiger partial charge is 0.459 e. The highest BCUT2D eigenvalue weighted by Crippen LogP contribution is 2.62. The first-order valence-electron chi connectivity index (χ1n) is 10.7. The lowest BCUT2D eigenvalue weighted by Gasteiger charge is -2.60. The zero-order valence-corrected chi connectivity index (χ0v) is 17.4. The molecule has 4 bridgehead atoms. The van der Waals surface area contributed by atoms with Gasteiger partial charge >= 0.3 is 5.97 Å². The van der Waals surface area contributed by atoms with E-state index in [9.17, 15) is 14.4 Å². The molecule has 2 atom stereocenters. The van der Waals surface area contributed by atoms with Crippen LogP contribution in [-0.4, -0.2) is 26.8 Å². The molecule has 2 aromatic rings. The van der Waals surface area contributed by atoms with Crippen molar-refractivity contribution in [1.29, 1.82) is 0 Å². The molecule has 1 N–H and O–H groups in total. The average molecular weight is 409 g/mol. The third-order valence-electron chi connectivity index (χ3n) is 7.15. The SMILES string of the molecule is CC(=O)NC12C[C@@H]3C[C@@H](C1)CC(C(=O)OCc1cc(=O)n4cc(C)ccc4n1)(C3)C2. The molecule has 4 fully saturated rings. The first kappa shape index (κ1) is 19.3. The van der Waals surface area contributed by atoms with Crippen LogP contribution in [0, 0.1) is 24.2 Å². The second kappa shape index (κ2) is 6.65. The normalized spacial score (nSPS) is 31.7. The Bertz CT molecular complexity index is 1090. The molecule has 0 saturated heterocycles. The average Bonchev–Trinajstić information content (AvgIpc) is 2.64. The third-order valence-corrected chi connectivity index (χ3v) is 7.15. The number of hydrogen-bond donors (Lipinski definition) is 1. The number of amides is 1. The number of hydrogen-bond acceptors (Lipinski definition) is 5. The number of fused-ring (bicyclic) bond motifs is 1. The zero-order valence-electron chi connectivity index (χ0n) is 17.4. The van der Waals surface area contributed by atoms with Crippen molar-refractivity contribution in [2.45, 2.75) is 64.5 Å². The number of nitrogens with zero attached hydrogens (tertiary/aromatic N) is 2. The van der Waals surface area contributed by atoms with Crippen LogP contribution < -0.4 is 10.9 Å². The lowest BCUT2D eigenvalue weighted by molar-refractivity contribution is -0.177. The number of pyridine rings is 1. The number of ether oxygens (including phenoxy) is 1. The summed E-state index contributed by atoms with van der Waals surface area (Å²) < 4.78 is 7.23. The minimum absolute atomic E-state index is 0.0112. The van der Waals surface area contributed by atoms with Crippen LogP contribution in [0.2, 0.25) is 0 Å². The summed E-state index contributed by atoms with van der Waals surface area (Å²) in [5, 5.41) is 3.17. The van der Waals surface area contributed by atoms with Gasteiger partial charge in [0.2, 0.25) is 5.91 Å². The zero-order chi connectivity index (χ0) is 21.1. The molecule has 0 unspecified atom stereocenters. The lowest BCUT2D eigenvalue weighted by Crippen LogP contribution is -2.64. The van der Waals surface area contributed by atoms with E-state index in [1.165, 1.54) is 10.5 Å². The summed E-state index contributed by atoms with van der Waals surface area (Å²) in [7, 11) is 0. The standard InChI is InChI=1S/C23H27N3O4/c1-14-3-4-19-24-18(6-20(28)26(19)11-14)12-30-21(29)22-7-16-5-17(8-22)10-23(9-16,13-22)25-15(2)27/h3-4,6,11,16-17H,5,7-10,12-13H2,1-2H3,(H,25,27)/t16-,17-,22?,23?/m1/s1. The number of nitrogens with one attached hydrogen (secondary N) is 1. The maximum Gasteiger partial charge on any atom is 0.312 e. The molecule has 7 nitrogen and oxygen atoms in total. The van der Waals surface area contributed by atoms with E-state index in [-0.39, 0.29) is 29.6 Å². The Morgan fingerprint density at radius 3 is 2.67 bits per heavy atom. The molecule has 7 heteroatoms. The van der Waals surface area contributed by atoms with Crippen molar-refractivity contribution in [3.8, 4) is 0 Å². The smallest absolute Gasteiger partial charge is 0.312 e. The highest BCUT2D eigenvalue weighted by Gasteiger charge is 2.61. The van der Waals surface area contributed by atoms with Crippen LogP contribution in [-0.2, 0) is 20.9 Å². The second-order valence-corrected chi connectivity index (χ2v) is 9.80. The molecule has 0 aliphatic heterocycles. The summed E-state index contributed by atoms with van der Waals surface area (Å²) in [4.78, 5) is 41.9. The maximum atomic E-state index is 13.2. The van der Waals surface area contributed by atoms with E-state index >= 15 is 0 Å². The van der Waals surface area contributed by atoms with Crippen molar-refractivity contribution in [2.24, 2.45) is 17.3 Å². The first-order chi connectivity index (χ1) is 14.3. The number of esters is 1. The Balaban J connectivity index is 1.36. The summed E-state index contributed by atoms with van der Waals surface area (Å²) in [6, 6.07) is 5.12. The van der Waals surface area contributed by atoms with Gasteiger partial charge in [-0.2, -0.15) is 0 Å². The molecule has 0 radical (unpaired) electrons. The summed E-state index contributed by atoms with van der Waals surface area (Å²) >= 11 is 0. The lowest BCUT2D eigenvalue weighted by atomic mass is 9.47. The third kappa shape index (κ3) is 3.20. The van der Waals surface area contributed by atoms with Crippen molar-refractivity contribution in [2.75, 3.05) is 0 Å². The molecule has 4 aliphatic carbocycles. The Labute approximate surface area is 174 Å². The van der Waals surface area contributed by atoms with E-state index in [1.807, 2.05) is 13.0 Å². The van der Waals surface area contributed by atoms with Crippen LogP contribution in [0.3, 0.4) is 0 Å². The van der Waals surface area contributed by atoms with Crippen LogP contribution >= 0.6 is 0 Å². The molecule has 158 valence electrons. The van der Waals surface area contributed by atoms with E-state index in [4.69, 9.17) is 4.74 Å². The van der Waals surface area contributed by atoms with Gasteiger partial charge in [0.25, 0.3) is 5.56 Å². The van der Waals surface area contributed by atoms with Crippen molar-refractivity contribution < 1.29 is 14.3 Å². The van der Waals surface area contributed by atoms with Crippen molar-refractivity contribution in [1.82, 2.24) is 14.7 Å². The summed E-state index contributed by atoms with van der Waals surface area (Å²) in [6.45, 7) is 3.46. The highest BCUT2D eigenvalue weighted by molar-refractivity contribution is 5.79. The van der Waals surface area contributed by atoms with E-state index in [0.29, 0.717) is 29.6 Å². The molecule has 2 aromatic heterocycles. The van der Waals surface area contributed by atoms with Gasteiger partial charge in [0.15, 0.2) is 0 Å². The van der Waals surface area contributed by atoms with Gasteiger partial charge in [-0.15, -0.1) is 0 Å². The van der Waals surface area contributed by atoms with Crippen LogP contribution in [0.5, 0.6) is 0 Å². The number of rotatable bonds is 4. The molecule has 0 aromatic carbocycles. The predicted octanol–water partition coefficient (Wildman–Crippen LogP) is 2.52. The van der Waals surface area contributed by atoms with Crippen LogP contribution in [0.25, 0.3) is 5.65 Å². The predicted molar refractivity (Wildman–Crippen MR) is 110 cm³/mol. The van der Waals surface area contributed by atoms with Crippen molar-refractivity contribution in [3.63, 3.8) is 0 Å². The highest BCUT2D eigenvalue weighted by atomic mass is 16.5. The molecule has 0 spiro atoms. The summed E-state index contributed by atoms with van der Waals surface area (Å²) in [5.41, 5.74) is 0.981. The Kier molecular flexibility index (Phi) is 4.27. The fourth-order valence-corrected chi connectivity index (χ4v) is 6.65. The van der Waals surface area contributed by atoms with Crippen LogP contribution in [0.1, 0.15) is 56.7 Å².